The summed E-state index contributed by atoms with van der Waals surface area (Å²) in [6.45, 7) is 6.12. The zero-order valence-electron chi connectivity index (χ0n) is 9.37. The standard InChI is InChI=1S/C12H22N2/c1-10(13-2)7-14-8-11-5-3-4-6-12(11)9-14/h3-4,10-13H,5-9H2,1-2H3/t10-,11?,12?/m0/s1. The number of nitrogens with one attached hydrogen (secondary N) is 1. The summed E-state index contributed by atoms with van der Waals surface area (Å²) in [5.41, 5.74) is 0. The molecule has 1 aliphatic heterocycles. The minimum atomic E-state index is 0.628. The molecule has 14 heavy (non-hydrogen) atoms. The molecular weight excluding hydrogens is 172 g/mol. The quantitative estimate of drug-likeness (QED) is 0.685. The molecular formula is C12H22N2. The van der Waals surface area contributed by atoms with E-state index in [-0.39, 0.29) is 0 Å². The number of likely N-dealkylation sites (N-methyl/N-ethyl adjacent to an activating group) is 1. The largest absolute Gasteiger partial charge is 0.316 e. The Morgan fingerprint density at radius 3 is 2.36 bits per heavy atom. The van der Waals surface area contributed by atoms with Crippen LogP contribution in [-0.4, -0.2) is 37.6 Å². The van der Waals surface area contributed by atoms with Gasteiger partial charge in [-0.2, -0.15) is 0 Å². The van der Waals surface area contributed by atoms with Crippen molar-refractivity contribution in [2.45, 2.75) is 25.8 Å². The fraction of sp³-hybridized carbons (Fsp3) is 0.833. The first-order chi connectivity index (χ1) is 6.79. The monoisotopic (exact) mass is 194 g/mol. The van der Waals surface area contributed by atoms with Crippen molar-refractivity contribution in [2.75, 3.05) is 26.7 Å². The molecule has 2 rings (SSSR count). The van der Waals surface area contributed by atoms with Crippen molar-refractivity contribution < 1.29 is 0 Å². The van der Waals surface area contributed by atoms with Gasteiger partial charge < -0.3 is 10.2 Å². The average Bonchev–Trinajstić information content (AvgIpc) is 2.59. The predicted molar refractivity (Wildman–Crippen MR) is 60.3 cm³/mol. The van der Waals surface area contributed by atoms with Gasteiger partial charge in [0.1, 0.15) is 0 Å². The topological polar surface area (TPSA) is 15.3 Å². The number of fused-ring (bicyclic) bond motifs is 1. The van der Waals surface area contributed by atoms with Crippen molar-refractivity contribution in [3.63, 3.8) is 0 Å². The van der Waals surface area contributed by atoms with Crippen LogP contribution in [-0.2, 0) is 0 Å². The van der Waals surface area contributed by atoms with Crippen LogP contribution in [0.25, 0.3) is 0 Å². The van der Waals surface area contributed by atoms with Crippen LogP contribution in [0.2, 0.25) is 0 Å². The van der Waals surface area contributed by atoms with E-state index in [0.29, 0.717) is 6.04 Å². The molecule has 2 unspecified atom stereocenters. The van der Waals surface area contributed by atoms with E-state index in [0.717, 1.165) is 11.8 Å². The van der Waals surface area contributed by atoms with Crippen LogP contribution >= 0.6 is 0 Å². The van der Waals surface area contributed by atoms with Gasteiger partial charge in [-0.15, -0.1) is 0 Å². The van der Waals surface area contributed by atoms with Crippen LogP contribution < -0.4 is 5.32 Å². The minimum absolute atomic E-state index is 0.628. The Morgan fingerprint density at radius 1 is 1.29 bits per heavy atom. The molecule has 0 aromatic rings. The summed E-state index contributed by atoms with van der Waals surface area (Å²) < 4.78 is 0. The van der Waals surface area contributed by atoms with Gasteiger partial charge in [0.2, 0.25) is 0 Å². The highest BCUT2D eigenvalue weighted by molar-refractivity contribution is 4.99. The number of nitrogens with zero attached hydrogens (tertiary/aromatic N) is 1. The second-order valence-corrected chi connectivity index (χ2v) is 4.87. The molecule has 1 aliphatic carbocycles. The number of hydrogen-bond donors (Lipinski definition) is 1. The number of rotatable bonds is 3. The van der Waals surface area contributed by atoms with E-state index in [9.17, 15) is 0 Å². The van der Waals surface area contributed by atoms with E-state index in [2.05, 4.69) is 36.3 Å². The van der Waals surface area contributed by atoms with E-state index >= 15 is 0 Å². The first kappa shape index (κ1) is 10.2. The van der Waals surface area contributed by atoms with Gasteiger partial charge >= 0.3 is 0 Å². The molecule has 2 heteroatoms. The fourth-order valence-electron chi connectivity index (χ4n) is 2.74. The highest BCUT2D eigenvalue weighted by atomic mass is 15.2. The lowest BCUT2D eigenvalue weighted by atomic mass is 9.86. The Kier molecular flexibility index (Phi) is 3.24. The lowest BCUT2D eigenvalue weighted by Gasteiger charge is -2.20. The van der Waals surface area contributed by atoms with Crippen molar-refractivity contribution in [1.29, 1.82) is 0 Å². The van der Waals surface area contributed by atoms with Gasteiger partial charge in [-0.3, -0.25) is 0 Å². The Hall–Kier alpha value is -0.340. The Balaban J connectivity index is 1.83. The molecule has 1 fully saturated rings. The maximum Gasteiger partial charge on any atom is 0.0163 e. The number of likely N-dealkylation sites (tertiary alicyclic amines) is 1. The molecule has 1 heterocycles. The van der Waals surface area contributed by atoms with E-state index in [1.54, 1.807) is 0 Å². The maximum atomic E-state index is 3.32. The third-order valence-electron chi connectivity index (χ3n) is 3.72. The molecule has 0 saturated carbocycles. The van der Waals surface area contributed by atoms with Crippen molar-refractivity contribution in [1.82, 2.24) is 10.2 Å². The van der Waals surface area contributed by atoms with Crippen molar-refractivity contribution in [3.8, 4) is 0 Å². The molecule has 1 N–H and O–H groups in total. The van der Waals surface area contributed by atoms with Crippen molar-refractivity contribution in [3.05, 3.63) is 12.2 Å². The second kappa shape index (κ2) is 4.45. The van der Waals surface area contributed by atoms with E-state index < -0.39 is 0 Å². The smallest absolute Gasteiger partial charge is 0.0163 e. The van der Waals surface area contributed by atoms with Crippen LogP contribution in [0.3, 0.4) is 0 Å². The van der Waals surface area contributed by atoms with Crippen molar-refractivity contribution >= 4 is 0 Å². The summed E-state index contributed by atoms with van der Waals surface area (Å²) in [6.07, 6.45) is 7.36. The number of allylic oxidation sites excluding steroid dienone is 2. The maximum absolute atomic E-state index is 3.32. The van der Waals surface area contributed by atoms with Crippen LogP contribution in [0.15, 0.2) is 12.2 Å². The lowest BCUT2D eigenvalue weighted by Crippen LogP contribution is -2.36. The summed E-state index contributed by atoms with van der Waals surface area (Å²) in [5, 5.41) is 3.32. The molecule has 80 valence electrons. The normalized spacial score (nSPS) is 34.4. The summed E-state index contributed by atoms with van der Waals surface area (Å²) in [5.74, 6) is 1.90. The zero-order valence-corrected chi connectivity index (χ0v) is 9.37. The van der Waals surface area contributed by atoms with Crippen LogP contribution in [0.5, 0.6) is 0 Å². The summed E-state index contributed by atoms with van der Waals surface area (Å²) in [7, 11) is 2.05. The second-order valence-electron chi connectivity index (χ2n) is 4.87. The molecule has 2 aliphatic rings. The average molecular weight is 194 g/mol. The Morgan fingerprint density at radius 2 is 1.86 bits per heavy atom. The third-order valence-corrected chi connectivity index (χ3v) is 3.72. The first-order valence-corrected chi connectivity index (χ1v) is 5.84. The molecule has 3 atom stereocenters. The van der Waals surface area contributed by atoms with Crippen LogP contribution in [0, 0.1) is 11.8 Å². The summed E-state index contributed by atoms with van der Waals surface area (Å²) in [6, 6.07) is 0.628. The number of hydrogen-bond acceptors (Lipinski definition) is 2. The molecule has 0 bridgehead atoms. The van der Waals surface area contributed by atoms with E-state index in [1.807, 2.05) is 0 Å². The Bertz CT molecular complexity index is 196. The lowest BCUT2D eigenvalue weighted by molar-refractivity contribution is 0.291. The minimum Gasteiger partial charge on any atom is -0.316 e. The van der Waals surface area contributed by atoms with Gasteiger partial charge in [0, 0.05) is 25.7 Å². The van der Waals surface area contributed by atoms with Crippen LogP contribution in [0.1, 0.15) is 19.8 Å². The first-order valence-electron chi connectivity index (χ1n) is 5.84. The van der Waals surface area contributed by atoms with Gasteiger partial charge in [0.05, 0.1) is 0 Å². The van der Waals surface area contributed by atoms with Gasteiger partial charge in [-0.25, -0.2) is 0 Å². The highest BCUT2D eigenvalue weighted by Gasteiger charge is 2.32. The molecule has 0 aromatic carbocycles. The van der Waals surface area contributed by atoms with E-state index in [4.69, 9.17) is 0 Å². The van der Waals surface area contributed by atoms with Gasteiger partial charge in [0.25, 0.3) is 0 Å². The molecule has 1 saturated heterocycles. The molecule has 0 radical (unpaired) electrons. The van der Waals surface area contributed by atoms with E-state index in [1.165, 1.54) is 32.5 Å². The molecule has 0 aromatic heterocycles. The van der Waals surface area contributed by atoms with Crippen molar-refractivity contribution in [2.24, 2.45) is 11.8 Å². The predicted octanol–water partition coefficient (Wildman–Crippen LogP) is 1.49. The Labute approximate surface area is 87.4 Å². The zero-order chi connectivity index (χ0) is 9.97. The highest BCUT2D eigenvalue weighted by Crippen LogP contribution is 2.32. The third kappa shape index (κ3) is 2.18. The van der Waals surface area contributed by atoms with Crippen LogP contribution in [0.4, 0.5) is 0 Å². The molecule has 2 nitrogen and oxygen atoms in total. The summed E-state index contributed by atoms with van der Waals surface area (Å²) in [4.78, 5) is 2.63. The van der Waals surface area contributed by atoms with Gasteiger partial charge in [-0.05, 0) is 38.6 Å². The molecule has 0 amide bonds. The van der Waals surface area contributed by atoms with Gasteiger partial charge in [-0.1, -0.05) is 12.2 Å². The summed E-state index contributed by atoms with van der Waals surface area (Å²) >= 11 is 0. The SMILES string of the molecule is CN[C@@H](C)CN1CC2CC=CCC2C1. The fourth-order valence-corrected chi connectivity index (χ4v) is 2.74. The molecule has 0 spiro atoms. The van der Waals surface area contributed by atoms with Gasteiger partial charge in [0.15, 0.2) is 0 Å².